The first-order valence-electron chi connectivity index (χ1n) is 6.15. The van der Waals surface area contributed by atoms with Crippen LogP contribution in [0.4, 0.5) is 0 Å². The van der Waals surface area contributed by atoms with E-state index in [0.29, 0.717) is 5.82 Å². The monoisotopic (exact) mass is 441 g/mol. The third-order valence-electron chi connectivity index (χ3n) is 2.93. The number of halogens is 2. The summed E-state index contributed by atoms with van der Waals surface area (Å²) in [6, 6.07) is 13.7. The molecule has 0 bridgehead atoms. The Hall–Kier alpha value is -1.51. The van der Waals surface area contributed by atoms with Gasteiger partial charge >= 0.3 is 0 Å². The van der Waals surface area contributed by atoms with Gasteiger partial charge in [-0.2, -0.15) is 8.42 Å². The van der Waals surface area contributed by atoms with Crippen LogP contribution in [-0.4, -0.2) is 22.6 Å². The Labute approximate surface area is 144 Å². The van der Waals surface area contributed by atoms with Gasteiger partial charge in [0.05, 0.1) is 4.90 Å². The van der Waals surface area contributed by atoms with E-state index in [9.17, 15) is 8.42 Å². The van der Waals surface area contributed by atoms with Crippen molar-refractivity contribution >= 4 is 41.9 Å². The Kier molecular flexibility index (Phi) is 4.16. The molecule has 0 amide bonds. The maximum Gasteiger partial charge on any atom is 0.284 e. The van der Waals surface area contributed by atoms with Crippen molar-refractivity contribution in [3.63, 3.8) is 0 Å². The van der Waals surface area contributed by atoms with Gasteiger partial charge in [0, 0.05) is 14.5 Å². The average Bonchev–Trinajstić information content (AvgIpc) is 2.99. The summed E-state index contributed by atoms with van der Waals surface area (Å²) in [5, 5.41) is 4.07. The van der Waals surface area contributed by atoms with Crippen LogP contribution in [0, 0.1) is 0 Å². The third kappa shape index (κ3) is 2.99. The van der Waals surface area contributed by atoms with Gasteiger partial charge in [-0.3, -0.25) is 0 Å². The zero-order valence-corrected chi connectivity index (χ0v) is 15.0. The van der Waals surface area contributed by atoms with E-state index >= 15 is 0 Å². The van der Waals surface area contributed by atoms with Crippen LogP contribution in [-0.2, 0) is 10.0 Å². The molecule has 8 heteroatoms. The van der Waals surface area contributed by atoms with Gasteiger partial charge in [0.2, 0.25) is 0 Å². The quantitative estimate of drug-likeness (QED) is 0.620. The minimum Gasteiger partial charge on any atom is -0.214 e. The van der Waals surface area contributed by atoms with Crippen molar-refractivity contribution in [1.29, 1.82) is 0 Å². The van der Waals surface area contributed by atoms with Crippen molar-refractivity contribution in [2.24, 2.45) is 0 Å². The summed E-state index contributed by atoms with van der Waals surface area (Å²) in [4.78, 5) is 4.23. The molecule has 2 aromatic carbocycles. The van der Waals surface area contributed by atoms with Crippen molar-refractivity contribution < 1.29 is 8.42 Å². The number of rotatable bonds is 3. The molecule has 0 aliphatic heterocycles. The molecule has 3 aromatic rings. The van der Waals surface area contributed by atoms with E-state index in [1.165, 1.54) is 18.5 Å². The highest BCUT2D eigenvalue weighted by molar-refractivity contribution is 9.10. The largest absolute Gasteiger partial charge is 0.284 e. The Morgan fingerprint density at radius 2 is 1.41 bits per heavy atom. The van der Waals surface area contributed by atoms with E-state index in [1.807, 2.05) is 24.3 Å². The molecule has 5 nitrogen and oxygen atoms in total. The highest BCUT2D eigenvalue weighted by Crippen LogP contribution is 2.20. The predicted molar refractivity (Wildman–Crippen MR) is 89.9 cm³/mol. The van der Waals surface area contributed by atoms with Crippen LogP contribution in [0.3, 0.4) is 0 Å². The molecule has 1 heterocycles. The lowest BCUT2D eigenvalue weighted by Gasteiger charge is -2.03. The summed E-state index contributed by atoms with van der Waals surface area (Å²) in [6.45, 7) is 0. The smallest absolute Gasteiger partial charge is 0.214 e. The molecule has 0 unspecified atom stereocenters. The Bertz CT molecular complexity index is 904. The zero-order valence-electron chi connectivity index (χ0n) is 11.0. The van der Waals surface area contributed by atoms with Gasteiger partial charge in [-0.15, -0.1) is 9.19 Å². The minimum atomic E-state index is -3.74. The molecule has 3 rings (SSSR count). The van der Waals surface area contributed by atoms with Gasteiger partial charge in [-0.25, -0.2) is 4.98 Å². The highest BCUT2D eigenvalue weighted by atomic mass is 79.9. The predicted octanol–water partition coefficient (Wildman–Crippen LogP) is 3.71. The summed E-state index contributed by atoms with van der Waals surface area (Å²) in [7, 11) is -3.74. The van der Waals surface area contributed by atoms with Crippen molar-refractivity contribution in [1.82, 2.24) is 14.2 Å². The molecule has 0 spiro atoms. The first kappa shape index (κ1) is 15.4. The molecule has 0 aliphatic carbocycles. The van der Waals surface area contributed by atoms with Crippen LogP contribution in [0.1, 0.15) is 0 Å². The number of benzene rings is 2. The number of hydrogen-bond donors (Lipinski definition) is 0. The first-order valence-corrected chi connectivity index (χ1v) is 9.18. The molecule has 0 saturated carbocycles. The third-order valence-corrected chi connectivity index (χ3v) is 5.53. The second-order valence-corrected chi connectivity index (χ2v) is 8.03. The van der Waals surface area contributed by atoms with Gasteiger partial charge in [0.1, 0.15) is 6.33 Å². The molecule has 1 aromatic heterocycles. The standard InChI is InChI=1S/C14H9Br2N3O2S/c15-11-3-1-10(2-4-11)14-17-9-19(18-14)22(20,21)13-7-5-12(16)6-8-13/h1-9H. The van der Waals surface area contributed by atoms with Gasteiger partial charge < -0.3 is 0 Å². The molecule has 0 fully saturated rings. The molecule has 22 heavy (non-hydrogen) atoms. The molecule has 0 saturated heterocycles. The second-order valence-electron chi connectivity index (χ2n) is 4.41. The normalized spacial score (nSPS) is 11.5. The van der Waals surface area contributed by atoms with Crippen molar-refractivity contribution in [3.05, 3.63) is 63.8 Å². The number of hydrogen-bond acceptors (Lipinski definition) is 4. The fourth-order valence-corrected chi connectivity index (χ4v) is 3.39. The van der Waals surface area contributed by atoms with Crippen LogP contribution < -0.4 is 0 Å². The maximum atomic E-state index is 12.5. The minimum absolute atomic E-state index is 0.156. The van der Waals surface area contributed by atoms with E-state index in [4.69, 9.17) is 0 Å². The Balaban J connectivity index is 1.99. The molecule has 112 valence electrons. The summed E-state index contributed by atoms with van der Waals surface area (Å²) in [6.07, 6.45) is 1.20. The van der Waals surface area contributed by atoms with Gasteiger partial charge in [0.15, 0.2) is 5.82 Å². The molecular formula is C14H9Br2N3O2S. The Morgan fingerprint density at radius 3 is 2.00 bits per heavy atom. The molecular weight excluding hydrogens is 434 g/mol. The number of aromatic nitrogens is 3. The highest BCUT2D eigenvalue weighted by Gasteiger charge is 2.19. The lowest BCUT2D eigenvalue weighted by molar-refractivity contribution is 0.580. The fourth-order valence-electron chi connectivity index (χ4n) is 1.81. The van der Waals surface area contributed by atoms with E-state index in [1.54, 1.807) is 12.1 Å². The van der Waals surface area contributed by atoms with Crippen LogP contribution in [0.15, 0.2) is 68.7 Å². The van der Waals surface area contributed by atoms with E-state index in [2.05, 4.69) is 41.9 Å². The lowest BCUT2D eigenvalue weighted by atomic mass is 10.2. The van der Waals surface area contributed by atoms with Gasteiger partial charge in [-0.1, -0.05) is 44.0 Å². The van der Waals surface area contributed by atoms with E-state index in [-0.39, 0.29) is 4.90 Å². The van der Waals surface area contributed by atoms with Crippen LogP contribution in [0.25, 0.3) is 11.4 Å². The van der Waals surface area contributed by atoms with Crippen molar-refractivity contribution in [2.45, 2.75) is 4.90 Å². The van der Waals surface area contributed by atoms with Crippen molar-refractivity contribution in [3.8, 4) is 11.4 Å². The first-order chi connectivity index (χ1) is 10.5. The summed E-state index contributed by atoms with van der Waals surface area (Å²) in [5.41, 5.74) is 0.743. The van der Waals surface area contributed by atoms with Gasteiger partial charge in [0.25, 0.3) is 10.0 Å². The van der Waals surface area contributed by atoms with E-state index < -0.39 is 10.0 Å². The topological polar surface area (TPSA) is 64.8 Å². The summed E-state index contributed by atoms with van der Waals surface area (Å²) in [5.74, 6) is 0.355. The van der Waals surface area contributed by atoms with Crippen LogP contribution in [0.5, 0.6) is 0 Å². The molecule has 0 radical (unpaired) electrons. The maximum absolute atomic E-state index is 12.5. The summed E-state index contributed by atoms with van der Waals surface area (Å²) >= 11 is 6.62. The fraction of sp³-hybridized carbons (Fsp3) is 0. The molecule has 0 N–H and O–H groups in total. The van der Waals surface area contributed by atoms with Crippen LogP contribution >= 0.6 is 31.9 Å². The number of nitrogens with zero attached hydrogens (tertiary/aromatic N) is 3. The SMILES string of the molecule is O=S(=O)(c1ccc(Br)cc1)n1cnc(-c2ccc(Br)cc2)n1. The average molecular weight is 443 g/mol. The van der Waals surface area contributed by atoms with Gasteiger partial charge in [-0.05, 0) is 36.4 Å². The molecule has 0 aliphatic rings. The van der Waals surface area contributed by atoms with Crippen molar-refractivity contribution in [2.75, 3.05) is 0 Å². The van der Waals surface area contributed by atoms with E-state index in [0.717, 1.165) is 18.6 Å². The summed E-state index contributed by atoms with van der Waals surface area (Å²) < 4.78 is 27.6. The zero-order chi connectivity index (χ0) is 15.7. The molecule has 0 atom stereocenters. The second kappa shape index (κ2) is 5.94. The van der Waals surface area contributed by atoms with Crippen LogP contribution in [0.2, 0.25) is 0 Å². The lowest BCUT2D eigenvalue weighted by Crippen LogP contribution is -2.13. The Morgan fingerprint density at radius 1 is 0.864 bits per heavy atom.